The molecule has 0 radical (unpaired) electrons. The van der Waals surface area contributed by atoms with Gasteiger partial charge in [0, 0.05) is 0 Å². The zero-order valence-corrected chi connectivity index (χ0v) is 11.4. The molecule has 0 saturated carbocycles. The first-order valence-electron chi connectivity index (χ1n) is 6.28. The van der Waals surface area contributed by atoms with Gasteiger partial charge in [0.1, 0.15) is 24.1 Å². The van der Waals surface area contributed by atoms with Crippen molar-refractivity contribution < 1.29 is 39.5 Å². The zero-order valence-electron chi connectivity index (χ0n) is 11.4. The highest BCUT2D eigenvalue weighted by Crippen LogP contribution is 2.23. The van der Waals surface area contributed by atoms with Gasteiger partial charge in [-0.1, -0.05) is 18.2 Å². The van der Waals surface area contributed by atoms with Crippen molar-refractivity contribution in [1.29, 1.82) is 0 Å². The van der Waals surface area contributed by atoms with E-state index >= 15 is 0 Å². The van der Waals surface area contributed by atoms with E-state index in [1.807, 2.05) is 0 Å². The number of carbonyl (C=O) groups excluding carboxylic acids is 3. The molecule has 1 aromatic carbocycles. The number of aliphatic hydroxyl groups is 4. The summed E-state index contributed by atoms with van der Waals surface area (Å²) >= 11 is 0. The maximum absolute atomic E-state index is 11.8. The van der Waals surface area contributed by atoms with E-state index in [0.717, 1.165) is 0 Å². The molecule has 4 N–H and O–H groups in total. The van der Waals surface area contributed by atoms with E-state index < -0.39 is 36.3 Å². The Labute approximate surface area is 125 Å². The minimum atomic E-state index is -2.74. The molecule has 4 atom stereocenters. The second kappa shape index (κ2) is 7.76. The van der Waals surface area contributed by atoms with Crippen molar-refractivity contribution >= 4 is 18.4 Å². The van der Waals surface area contributed by atoms with Gasteiger partial charge >= 0.3 is 0 Å². The highest BCUT2D eigenvalue weighted by atomic mass is 16.5. The summed E-state index contributed by atoms with van der Waals surface area (Å²) in [7, 11) is 0. The highest BCUT2D eigenvalue weighted by molar-refractivity contribution is 6.33. The number of aldehydes is 2. The van der Waals surface area contributed by atoms with Crippen molar-refractivity contribution in [2.45, 2.75) is 23.9 Å². The lowest BCUT2D eigenvalue weighted by Crippen LogP contribution is -2.62. The van der Waals surface area contributed by atoms with E-state index in [1.54, 1.807) is 6.07 Å². The first-order valence-corrected chi connectivity index (χ1v) is 6.28. The van der Waals surface area contributed by atoms with Gasteiger partial charge < -0.3 is 25.2 Å². The molecule has 0 bridgehead atoms. The first kappa shape index (κ1) is 17.9. The van der Waals surface area contributed by atoms with Gasteiger partial charge in [-0.3, -0.25) is 14.4 Å². The minimum absolute atomic E-state index is 0.0189. The standard InChI is InChI=1S/C14H16O8/c15-6-10(18)12(20)13(21)14(8-17,11(19)7-16)22-9-4-2-1-3-5-9/h1-5,7-8,10,12-13,15,18,20-21H,6H2/t10?,12?,13?,14-/m0/s1. The Kier molecular flexibility index (Phi) is 6.32. The van der Waals surface area contributed by atoms with E-state index in [9.17, 15) is 29.7 Å². The molecule has 120 valence electrons. The van der Waals surface area contributed by atoms with Gasteiger partial charge in [0.25, 0.3) is 5.60 Å². The number of benzene rings is 1. The molecule has 0 spiro atoms. The number of ether oxygens (including phenoxy) is 1. The Morgan fingerprint density at radius 2 is 1.77 bits per heavy atom. The van der Waals surface area contributed by atoms with E-state index in [4.69, 9.17) is 9.84 Å². The van der Waals surface area contributed by atoms with Crippen molar-refractivity contribution in [1.82, 2.24) is 0 Å². The summed E-state index contributed by atoms with van der Waals surface area (Å²) in [5.41, 5.74) is -2.74. The second-order valence-electron chi connectivity index (χ2n) is 4.49. The predicted octanol–water partition coefficient (Wildman–Crippen LogP) is -2.15. The molecular formula is C14H16O8. The van der Waals surface area contributed by atoms with Crippen LogP contribution < -0.4 is 4.74 Å². The summed E-state index contributed by atoms with van der Waals surface area (Å²) in [6.07, 6.45) is -6.58. The Hall–Kier alpha value is -2.13. The number of aliphatic hydroxyl groups excluding tert-OH is 4. The lowest BCUT2D eigenvalue weighted by Gasteiger charge is -2.34. The third kappa shape index (κ3) is 3.55. The number of rotatable bonds is 9. The summed E-state index contributed by atoms with van der Waals surface area (Å²) in [5.74, 6) is -1.46. The third-order valence-corrected chi connectivity index (χ3v) is 3.04. The van der Waals surface area contributed by atoms with E-state index in [0.29, 0.717) is 0 Å². The number of para-hydroxylation sites is 1. The van der Waals surface area contributed by atoms with Crippen LogP contribution in [0.1, 0.15) is 0 Å². The Morgan fingerprint density at radius 3 is 2.23 bits per heavy atom. The van der Waals surface area contributed by atoms with Crippen LogP contribution in [0.4, 0.5) is 0 Å². The van der Waals surface area contributed by atoms with Gasteiger partial charge in [0.15, 0.2) is 12.6 Å². The molecule has 0 aliphatic rings. The SMILES string of the molecule is O=CC(=O)[C@](C=O)(Oc1ccccc1)C(O)C(O)C(O)CO. The Balaban J connectivity index is 3.24. The van der Waals surface area contributed by atoms with Crippen molar-refractivity contribution in [3.8, 4) is 5.75 Å². The Bertz CT molecular complexity index is 517. The average molecular weight is 312 g/mol. The van der Waals surface area contributed by atoms with Crippen LogP contribution in [-0.4, -0.2) is 69.3 Å². The topological polar surface area (TPSA) is 141 Å². The second-order valence-corrected chi connectivity index (χ2v) is 4.49. The molecule has 0 amide bonds. The van der Waals surface area contributed by atoms with Crippen LogP contribution >= 0.6 is 0 Å². The third-order valence-electron chi connectivity index (χ3n) is 3.04. The normalized spacial score (nSPS) is 17.6. The molecule has 1 rings (SSSR count). The number of hydrogen-bond acceptors (Lipinski definition) is 8. The molecule has 8 heteroatoms. The van der Waals surface area contributed by atoms with Gasteiger partial charge in [-0.05, 0) is 12.1 Å². The summed E-state index contributed by atoms with van der Waals surface area (Å²) < 4.78 is 5.13. The van der Waals surface area contributed by atoms with Gasteiger partial charge in [0.2, 0.25) is 5.78 Å². The van der Waals surface area contributed by atoms with Crippen molar-refractivity contribution in [2.75, 3.05) is 6.61 Å². The van der Waals surface area contributed by atoms with Gasteiger partial charge in [-0.25, -0.2) is 0 Å². The van der Waals surface area contributed by atoms with Crippen LogP contribution in [-0.2, 0) is 14.4 Å². The van der Waals surface area contributed by atoms with Crippen molar-refractivity contribution in [2.24, 2.45) is 0 Å². The molecule has 22 heavy (non-hydrogen) atoms. The molecular weight excluding hydrogens is 296 g/mol. The van der Waals surface area contributed by atoms with Gasteiger partial charge in [0.05, 0.1) is 6.61 Å². The van der Waals surface area contributed by atoms with Gasteiger partial charge in [-0.2, -0.15) is 0 Å². The van der Waals surface area contributed by atoms with Crippen LogP contribution in [0.5, 0.6) is 5.75 Å². The molecule has 3 unspecified atom stereocenters. The largest absolute Gasteiger partial charge is 0.468 e. The number of carbonyl (C=O) groups is 3. The molecule has 0 aromatic heterocycles. The fourth-order valence-corrected chi connectivity index (χ4v) is 1.76. The van der Waals surface area contributed by atoms with Gasteiger partial charge in [-0.15, -0.1) is 0 Å². The van der Waals surface area contributed by atoms with Crippen LogP contribution in [0, 0.1) is 0 Å². The van der Waals surface area contributed by atoms with Crippen molar-refractivity contribution in [3.05, 3.63) is 30.3 Å². The maximum Gasteiger partial charge on any atom is 0.256 e. The zero-order chi connectivity index (χ0) is 16.8. The van der Waals surface area contributed by atoms with Crippen molar-refractivity contribution in [3.63, 3.8) is 0 Å². The lowest BCUT2D eigenvalue weighted by atomic mass is 9.87. The first-order chi connectivity index (χ1) is 10.4. The highest BCUT2D eigenvalue weighted by Gasteiger charge is 2.52. The number of hydrogen-bond donors (Lipinski definition) is 4. The molecule has 1 aromatic rings. The summed E-state index contributed by atoms with van der Waals surface area (Å²) in [6.45, 7) is -0.937. The summed E-state index contributed by atoms with van der Waals surface area (Å²) in [6, 6.07) is 7.37. The van der Waals surface area contributed by atoms with E-state index in [-0.39, 0.29) is 18.3 Å². The monoisotopic (exact) mass is 312 g/mol. The molecule has 0 aliphatic carbocycles. The number of ketones is 1. The quantitative estimate of drug-likeness (QED) is 0.230. The molecule has 8 nitrogen and oxygen atoms in total. The fourth-order valence-electron chi connectivity index (χ4n) is 1.76. The predicted molar refractivity (Wildman–Crippen MR) is 72.0 cm³/mol. The number of Topliss-reactive ketones (excluding diaryl/α,β-unsaturated/α-hetero) is 1. The fraction of sp³-hybridized carbons (Fsp3) is 0.357. The van der Waals surface area contributed by atoms with E-state index in [1.165, 1.54) is 24.3 Å². The summed E-state index contributed by atoms with van der Waals surface area (Å²) in [5, 5.41) is 37.9. The molecule has 0 saturated heterocycles. The Morgan fingerprint density at radius 1 is 1.18 bits per heavy atom. The average Bonchev–Trinajstić information content (AvgIpc) is 2.57. The van der Waals surface area contributed by atoms with Crippen LogP contribution in [0.25, 0.3) is 0 Å². The van der Waals surface area contributed by atoms with Crippen LogP contribution in [0.3, 0.4) is 0 Å². The molecule has 0 fully saturated rings. The smallest absolute Gasteiger partial charge is 0.256 e. The lowest BCUT2D eigenvalue weighted by molar-refractivity contribution is -0.169. The summed E-state index contributed by atoms with van der Waals surface area (Å²) in [4.78, 5) is 33.9. The van der Waals surface area contributed by atoms with Crippen LogP contribution in [0.2, 0.25) is 0 Å². The minimum Gasteiger partial charge on any atom is -0.468 e. The van der Waals surface area contributed by atoms with E-state index in [2.05, 4.69) is 0 Å². The molecule has 0 aliphatic heterocycles. The molecule has 0 heterocycles. The maximum atomic E-state index is 11.8. The van der Waals surface area contributed by atoms with Crippen LogP contribution in [0.15, 0.2) is 30.3 Å².